The zero-order valence-corrected chi connectivity index (χ0v) is 15.3. The van der Waals surface area contributed by atoms with Gasteiger partial charge in [-0.1, -0.05) is 53.1 Å². The molecule has 0 bridgehead atoms. The number of anilines is 1. The topological polar surface area (TPSA) is 15.6 Å². The summed E-state index contributed by atoms with van der Waals surface area (Å²) in [5.74, 6) is 0.391. The van der Waals surface area contributed by atoms with E-state index in [1.165, 1.54) is 0 Å². The van der Waals surface area contributed by atoms with Crippen molar-refractivity contribution >= 4 is 23.0 Å². The minimum Gasteiger partial charge on any atom is -0.350 e. The standard InChI is InChI=1S/C18H26ClFN2/c1-9(2)14-13(19)8-12-16(10(3)4)21-18(11(5)6)22(7)17(12)15(14)20/h8-11,18H,1-7H3. The maximum absolute atomic E-state index is 15.2. The molecule has 1 atom stereocenters. The first kappa shape index (κ1) is 17.3. The average Bonchev–Trinajstić information content (AvgIpc) is 2.36. The largest absolute Gasteiger partial charge is 0.350 e. The van der Waals surface area contributed by atoms with Crippen LogP contribution in [0.2, 0.25) is 5.02 Å². The number of aliphatic imine (C=N–C) groups is 1. The predicted molar refractivity (Wildman–Crippen MR) is 93.9 cm³/mol. The summed E-state index contributed by atoms with van der Waals surface area (Å²) >= 11 is 6.36. The molecule has 4 heteroatoms. The molecule has 1 unspecified atom stereocenters. The van der Waals surface area contributed by atoms with E-state index in [2.05, 4.69) is 27.7 Å². The molecular weight excluding hydrogens is 299 g/mol. The summed E-state index contributed by atoms with van der Waals surface area (Å²) in [7, 11) is 1.92. The molecule has 0 spiro atoms. The van der Waals surface area contributed by atoms with Gasteiger partial charge in [-0.15, -0.1) is 0 Å². The number of hydrogen-bond acceptors (Lipinski definition) is 2. The second-order valence-electron chi connectivity index (χ2n) is 7.07. The summed E-state index contributed by atoms with van der Waals surface area (Å²) in [6, 6.07) is 1.89. The lowest BCUT2D eigenvalue weighted by Gasteiger charge is -2.38. The van der Waals surface area contributed by atoms with Gasteiger partial charge in [-0.25, -0.2) is 4.39 Å². The van der Waals surface area contributed by atoms with Crippen LogP contribution in [0.3, 0.4) is 0 Å². The number of fused-ring (bicyclic) bond motifs is 1. The molecule has 0 fully saturated rings. The van der Waals surface area contributed by atoms with Crippen LogP contribution in [-0.2, 0) is 0 Å². The maximum Gasteiger partial charge on any atom is 0.152 e. The SMILES string of the molecule is CC(C)C1=NC(C(C)C)N(C)c2c1cc(Cl)c(C(C)C)c2F. The fourth-order valence-corrected chi connectivity index (χ4v) is 3.59. The Kier molecular flexibility index (Phi) is 4.86. The summed E-state index contributed by atoms with van der Waals surface area (Å²) in [4.78, 5) is 6.84. The number of hydrogen-bond donors (Lipinski definition) is 0. The molecule has 0 saturated carbocycles. The fraction of sp³-hybridized carbons (Fsp3) is 0.611. The van der Waals surface area contributed by atoms with Crippen LogP contribution in [0.1, 0.15) is 58.6 Å². The third-order valence-electron chi connectivity index (χ3n) is 4.25. The first-order chi connectivity index (χ1) is 10.2. The summed E-state index contributed by atoms with van der Waals surface area (Å²) < 4.78 is 15.2. The lowest BCUT2D eigenvalue weighted by molar-refractivity contribution is 0.473. The van der Waals surface area contributed by atoms with E-state index in [0.717, 1.165) is 11.3 Å². The van der Waals surface area contributed by atoms with Crippen LogP contribution in [0, 0.1) is 17.7 Å². The van der Waals surface area contributed by atoms with Crippen molar-refractivity contribution in [1.29, 1.82) is 0 Å². The van der Waals surface area contributed by atoms with Crippen molar-refractivity contribution < 1.29 is 4.39 Å². The highest BCUT2D eigenvalue weighted by molar-refractivity contribution is 6.32. The number of rotatable bonds is 3. The van der Waals surface area contributed by atoms with Crippen LogP contribution in [0.4, 0.5) is 10.1 Å². The van der Waals surface area contributed by atoms with Crippen molar-refractivity contribution in [1.82, 2.24) is 0 Å². The van der Waals surface area contributed by atoms with E-state index in [1.807, 2.05) is 31.9 Å². The lowest BCUT2D eigenvalue weighted by Crippen LogP contribution is -2.41. The van der Waals surface area contributed by atoms with Crippen LogP contribution >= 0.6 is 11.6 Å². The second-order valence-corrected chi connectivity index (χ2v) is 7.48. The minimum absolute atomic E-state index is 0.0411. The van der Waals surface area contributed by atoms with Gasteiger partial charge in [0.2, 0.25) is 0 Å². The van der Waals surface area contributed by atoms with Crippen molar-refractivity contribution in [3.05, 3.63) is 28.0 Å². The number of halogens is 2. The second kappa shape index (κ2) is 6.19. The maximum atomic E-state index is 15.2. The van der Waals surface area contributed by atoms with Crippen LogP contribution in [0.25, 0.3) is 0 Å². The van der Waals surface area contributed by atoms with Gasteiger partial charge in [0.15, 0.2) is 5.82 Å². The van der Waals surface area contributed by atoms with Gasteiger partial charge < -0.3 is 4.90 Å². The van der Waals surface area contributed by atoms with Crippen LogP contribution in [-0.4, -0.2) is 18.9 Å². The molecule has 0 aliphatic carbocycles. The molecule has 122 valence electrons. The Morgan fingerprint density at radius 3 is 2.18 bits per heavy atom. The Hall–Kier alpha value is -1.09. The third kappa shape index (κ3) is 2.76. The fourth-order valence-electron chi connectivity index (χ4n) is 3.18. The van der Waals surface area contributed by atoms with Crippen molar-refractivity contribution in [3.8, 4) is 0 Å². The van der Waals surface area contributed by atoms with Crippen LogP contribution < -0.4 is 4.90 Å². The van der Waals surface area contributed by atoms with E-state index in [0.29, 0.717) is 22.2 Å². The molecular formula is C18H26ClFN2. The molecule has 0 N–H and O–H groups in total. The molecule has 1 aromatic carbocycles. The highest BCUT2D eigenvalue weighted by atomic mass is 35.5. The van der Waals surface area contributed by atoms with Crippen molar-refractivity contribution in [2.24, 2.45) is 16.8 Å². The van der Waals surface area contributed by atoms with Crippen molar-refractivity contribution in [2.45, 2.75) is 53.6 Å². The molecule has 1 aliphatic heterocycles. The highest BCUT2D eigenvalue weighted by Gasteiger charge is 2.33. The summed E-state index contributed by atoms with van der Waals surface area (Å²) in [6.07, 6.45) is -0.0411. The zero-order chi connectivity index (χ0) is 16.8. The number of benzene rings is 1. The first-order valence-corrected chi connectivity index (χ1v) is 8.37. The smallest absolute Gasteiger partial charge is 0.152 e. The predicted octanol–water partition coefficient (Wildman–Crippen LogP) is 5.48. The quantitative estimate of drug-likeness (QED) is 0.718. The molecule has 22 heavy (non-hydrogen) atoms. The summed E-state index contributed by atoms with van der Waals surface area (Å²) in [5.41, 5.74) is 3.02. The normalized spacial score (nSPS) is 18.3. The molecule has 1 aromatic rings. The molecule has 1 aliphatic rings. The Balaban J connectivity index is 2.76. The molecule has 2 nitrogen and oxygen atoms in total. The molecule has 0 saturated heterocycles. The Bertz CT molecular complexity index is 606. The van der Waals surface area contributed by atoms with Gasteiger partial charge in [-0.2, -0.15) is 0 Å². The minimum atomic E-state index is -0.196. The van der Waals surface area contributed by atoms with Gasteiger partial charge in [0.05, 0.1) is 5.69 Å². The summed E-state index contributed by atoms with van der Waals surface area (Å²) in [6.45, 7) is 12.4. The molecule has 0 aromatic heterocycles. The summed E-state index contributed by atoms with van der Waals surface area (Å²) in [5, 5.41) is 0.496. The van der Waals surface area contributed by atoms with Gasteiger partial charge in [0.25, 0.3) is 0 Å². The van der Waals surface area contributed by atoms with E-state index in [4.69, 9.17) is 16.6 Å². The molecule has 1 heterocycles. The van der Waals surface area contributed by atoms with Gasteiger partial charge in [-0.05, 0) is 23.8 Å². The molecule has 0 amide bonds. The van der Waals surface area contributed by atoms with E-state index in [-0.39, 0.29) is 23.8 Å². The molecule has 2 rings (SSSR count). The molecule has 0 radical (unpaired) electrons. The van der Waals surface area contributed by atoms with E-state index < -0.39 is 0 Å². The van der Waals surface area contributed by atoms with Crippen molar-refractivity contribution in [2.75, 3.05) is 11.9 Å². The van der Waals surface area contributed by atoms with E-state index in [1.54, 1.807) is 0 Å². The Labute approximate surface area is 138 Å². The van der Waals surface area contributed by atoms with E-state index in [9.17, 15) is 0 Å². The van der Waals surface area contributed by atoms with Crippen LogP contribution in [0.5, 0.6) is 0 Å². The first-order valence-electron chi connectivity index (χ1n) is 7.99. The van der Waals surface area contributed by atoms with Gasteiger partial charge >= 0.3 is 0 Å². The van der Waals surface area contributed by atoms with Crippen LogP contribution in [0.15, 0.2) is 11.1 Å². The van der Waals surface area contributed by atoms with Gasteiger partial charge in [0, 0.05) is 28.9 Å². The Morgan fingerprint density at radius 1 is 1.14 bits per heavy atom. The van der Waals surface area contributed by atoms with Gasteiger partial charge in [-0.3, -0.25) is 4.99 Å². The number of nitrogens with zero attached hydrogens (tertiary/aromatic N) is 2. The highest BCUT2D eigenvalue weighted by Crippen LogP contribution is 2.40. The third-order valence-corrected chi connectivity index (χ3v) is 4.56. The zero-order valence-electron chi connectivity index (χ0n) is 14.5. The van der Waals surface area contributed by atoms with Gasteiger partial charge in [0.1, 0.15) is 6.17 Å². The monoisotopic (exact) mass is 324 g/mol. The lowest BCUT2D eigenvalue weighted by atomic mass is 9.90. The Morgan fingerprint density at radius 2 is 1.73 bits per heavy atom. The van der Waals surface area contributed by atoms with E-state index >= 15 is 4.39 Å². The van der Waals surface area contributed by atoms with Crippen molar-refractivity contribution in [3.63, 3.8) is 0 Å². The average molecular weight is 325 g/mol.